The van der Waals surface area contributed by atoms with Crippen LogP contribution in [0, 0.1) is 0 Å². The first-order valence-electron chi connectivity index (χ1n) is 3.61. The van der Waals surface area contributed by atoms with E-state index in [1.807, 2.05) is 30.3 Å². The molecule has 1 rings (SSSR count). The number of benzene rings is 1. The normalized spacial score (nSPS) is 7.38. The fraction of sp³-hybridized carbons (Fsp3) is 0.333. The molecule has 0 unspecified atom stereocenters. The van der Waals surface area contributed by atoms with Gasteiger partial charge in [0.15, 0.2) is 0 Å². The molecule has 0 fully saturated rings. The van der Waals surface area contributed by atoms with Crippen molar-refractivity contribution < 1.29 is 35.9 Å². The summed E-state index contributed by atoms with van der Waals surface area (Å²) in [6, 6.07) is 9.62. The first kappa shape index (κ1) is 19.9. The number of hydrogen-bond acceptors (Lipinski definition) is 1. The fourth-order valence-electron chi connectivity index (χ4n) is 0.420. The molecule has 0 aromatic heterocycles. The third-order valence-corrected chi connectivity index (χ3v) is 1.02. The van der Waals surface area contributed by atoms with Crippen molar-refractivity contribution in [3.05, 3.63) is 30.3 Å². The molecule has 0 heterocycles. The van der Waals surface area contributed by atoms with E-state index in [0.29, 0.717) is 0 Å². The standard InChI is InChI=1S/C6H6S.3CH3.Cu.Li.Sn/c7-6-4-2-1-3-5-6;;;;;;/h1-5,7H;3*1H3;;;/q;;;;;+1;/p-1. The monoisotopic (exact) mass is 344 g/mol. The van der Waals surface area contributed by atoms with Gasteiger partial charge in [-0.1, -0.05) is 30.3 Å². The Morgan fingerprint density at radius 2 is 1.31 bits per heavy atom. The van der Waals surface area contributed by atoms with Crippen LogP contribution in [0.1, 0.15) is 0 Å². The second-order valence-corrected chi connectivity index (χ2v) is 11.8. The zero-order valence-corrected chi connectivity index (χ0v) is 13.2. The van der Waals surface area contributed by atoms with Crippen molar-refractivity contribution >= 4 is 32.4 Å². The van der Waals surface area contributed by atoms with E-state index in [-0.39, 0.29) is 35.9 Å². The van der Waals surface area contributed by atoms with Crippen LogP contribution in [0.3, 0.4) is 0 Å². The van der Waals surface area contributed by atoms with Crippen molar-refractivity contribution in [1.29, 1.82) is 0 Å². The Balaban J connectivity index is -0.000000150. The Labute approximate surface area is 117 Å². The van der Waals surface area contributed by atoms with Crippen molar-refractivity contribution in [3.63, 3.8) is 0 Å². The van der Waals surface area contributed by atoms with E-state index in [2.05, 4.69) is 14.8 Å². The van der Waals surface area contributed by atoms with Crippen LogP contribution in [0.15, 0.2) is 35.2 Å². The summed E-state index contributed by atoms with van der Waals surface area (Å²) in [6.07, 6.45) is 0. The molecule has 0 saturated carbocycles. The van der Waals surface area contributed by atoms with Crippen LogP contribution in [-0.4, -0.2) is 19.8 Å². The van der Waals surface area contributed by atoms with Crippen LogP contribution < -0.4 is 18.9 Å². The van der Waals surface area contributed by atoms with Gasteiger partial charge in [-0.05, 0) is 0 Å². The fourth-order valence-corrected chi connectivity index (χ4v) is 0.578. The quantitative estimate of drug-likeness (QED) is 0.471. The van der Waals surface area contributed by atoms with Gasteiger partial charge in [0.1, 0.15) is 0 Å². The molecule has 1 aromatic carbocycles. The zero-order chi connectivity index (χ0) is 8.69. The van der Waals surface area contributed by atoms with Gasteiger partial charge >= 0.3 is 53.4 Å². The van der Waals surface area contributed by atoms with Crippen molar-refractivity contribution in [2.45, 2.75) is 19.7 Å². The first-order chi connectivity index (χ1) is 5.13. The molecular weight excluding hydrogens is 329 g/mol. The van der Waals surface area contributed by atoms with Gasteiger partial charge < -0.3 is 12.6 Å². The Hall–Kier alpha value is 1.36. The predicted octanol–water partition coefficient (Wildman–Crippen LogP) is -0.0355. The molecule has 0 amide bonds. The van der Waals surface area contributed by atoms with Gasteiger partial charge in [-0.15, -0.1) is 0 Å². The van der Waals surface area contributed by atoms with Gasteiger partial charge in [-0.25, -0.2) is 0 Å². The SMILES string of the molecule is [CH3][Sn]([CH3])[CH3].[Cu].[Li+].[S-]c1ccccc1. The van der Waals surface area contributed by atoms with Crippen LogP contribution in [0.4, 0.5) is 0 Å². The molecule has 4 heteroatoms. The van der Waals surface area contributed by atoms with Gasteiger partial charge in [-0.3, -0.25) is 0 Å². The summed E-state index contributed by atoms with van der Waals surface area (Å²) in [7, 11) is 0. The minimum absolute atomic E-state index is 0. The van der Waals surface area contributed by atoms with E-state index in [4.69, 9.17) is 12.6 Å². The molecule has 0 nitrogen and oxygen atoms in total. The van der Waals surface area contributed by atoms with Crippen LogP contribution in [0.5, 0.6) is 0 Å². The molecule has 0 atom stereocenters. The Bertz CT molecular complexity index is 179. The van der Waals surface area contributed by atoms with E-state index in [1.54, 1.807) is 0 Å². The summed E-state index contributed by atoms with van der Waals surface area (Å²) in [5, 5.41) is 0. The topological polar surface area (TPSA) is 0 Å². The van der Waals surface area contributed by atoms with E-state index in [1.165, 1.54) is 0 Å². The summed E-state index contributed by atoms with van der Waals surface area (Å²) in [5.41, 5.74) is 0. The molecule has 0 N–H and O–H groups in total. The van der Waals surface area contributed by atoms with E-state index in [9.17, 15) is 0 Å². The summed E-state index contributed by atoms with van der Waals surface area (Å²) >= 11 is 4.27. The smallest absolute Gasteiger partial charge is 0.780 e. The Morgan fingerprint density at radius 3 is 1.46 bits per heavy atom. The molecule has 0 bridgehead atoms. The molecule has 13 heavy (non-hydrogen) atoms. The first-order valence-corrected chi connectivity index (χ1v) is 12.6. The molecule has 72 valence electrons. The third-order valence-electron chi connectivity index (χ3n) is 0.743. The molecule has 2 radical (unpaired) electrons. The summed E-state index contributed by atoms with van der Waals surface area (Å²) in [5.74, 6) is 0. The van der Waals surface area contributed by atoms with E-state index < -0.39 is 19.8 Å². The van der Waals surface area contributed by atoms with Crippen molar-refractivity contribution in [2.75, 3.05) is 0 Å². The molecule has 0 aliphatic heterocycles. The molecular formula is C9H14CuLiSSn. The van der Waals surface area contributed by atoms with Crippen LogP contribution >= 0.6 is 0 Å². The summed E-state index contributed by atoms with van der Waals surface area (Å²) < 4.78 is 0. The maximum absolute atomic E-state index is 4.81. The van der Waals surface area contributed by atoms with Gasteiger partial charge in [-0.2, -0.15) is 4.90 Å². The summed E-state index contributed by atoms with van der Waals surface area (Å²) in [4.78, 5) is 8.00. The van der Waals surface area contributed by atoms with Gasteiger partial charge in [0.2, 0.25) is 0 Å². The maximum atomic E-state index is 4.81. The van der Waals surface area contributed by atoms with Crippen molar-refractivity contribution in [1.82, 2.24) is 0 Å². The van der Waals surface area contributed by atoms with Crippen LogP contribution in [0.2, 0.25) is 14.8 Å². The minimum Gasteiger partial charge on any atom is -0.780 e. The third kappa shape index (κ3) is 19.7. The second kappa shape index (κ2) is 13.4. The van der Waals surface area contributed by atoms with Gasteiger partial charge in [0.25, 0.3) is 0 Å². The van der Waals surface area contributed by atoms with Crippen LogP contribution in [0.25, 0.3) is 0 Å². The van der Waals surface area contributed by atoms with Gasteiger partial charge in [0, 0.05) is 17.1 Å². The average molecular weight is 343 g/mol. The predicted molar refractivity (Wildman–Crippen MR) is 55.4 cm³/mol. The zero-order valence-electron chi connectivity index (χ0n) is 8.60. The molecule has 0 aliphatic rings. The number of rotatable bonds is 0. The molecule has 0 aliphatic carbocycles. The summed E-state index contributed by atoms with van der Waals surface area (Å²) in [6.45, 7) is 0. The number of hydrogen-bond donors (Lipinski definition) is 0. The average Bonchev–Trinajstić information content (AvgIpc) is 1.87. The van der Waals surface area contributed by atoms with Crippen molar-refractivity contribution in [2.24, 2.45) is 0 Å². The molecule has 1 aromatic rings. The maximum Gasteiger partial charge on any atom is 1.00 e. The molecule has 0 saturated heterocycles. The minimum atomic E-state index is -0.543. The van der Waals surface area contributed by atoms with Crippen LogP contribution in [-0.2, 0) is 29.7 Å². The van der Waals surface area contributed by atoms with Crippen molar-refractivity contribution in [3.8, 4) is 0 Å². The Morgan fingerprint density at radius 1 is 1.00 bits per heavy atom. The largest absolute Gasteiger partial charge is 1.00 e. The van der Waals surface area contributed by atoms with Gasteiger partial charge in [0.05, 0.1) is 0 Å². The Kier molecular flexibility index (Phi) is 20.4. The van der Waals surface area contributed by atoms with E-state index in [0.717, 1.165) is 4.90 Å². The second-order valence-electron chi connectivity index (χ2n) is 2.81. The molecule has 0 spiro atoms. The van der Waals surface area contributed by atoms with E-state index >= 15 is 0 Å².